The van der Waals surface area contributed by atoms with Gasteiger partial charge in [0.15, 0.2) is 9.84 Å². The molecule has 0 amide bonds. The molecule has 0 aliphatic heterocycles. The highest BCUT2D eigenvalue weighted by Gasteiger charge is 2.45. The standard InChI is InChI=1S/C10H11Br2NO3S/c1-2-17(15,16)10(11,12)9(14)7-3-5-8(13)6-4-7/h3-6H,2,13H2,1H3. The SMILES string of the molecule is CCS(=O)(=O)C(Br)(Br)C(=O)c1ccc(N)cc1. The van der Waals surface area contributed by atoms with Crippen LogP contribution in [-0.2, 0) is 9.84 Å². The largest absolute Gasteiger partial charge is 0.399 e. The minimum absolute atomic E-state index is 0.149. The smallest absolute Gasteiger partial charge is 0.243 e. The Bertz CT molecular complexity index is 523. The summed E-state index contributed by atoms with van der Waals surface area (Å²) in [5.41, 5.74) is 6.27. The first-order valence-corrected chi connectivity index (χ1v) is 7.96. The molecule has 2 N–H and O–H groups in total. The van der Waals surface area contributed by atoms with E-state index in [-0.39, 0.29) is 11.3 Å². The number of halogens is 2. The van der Waals surface area contributed by atoms with Gasteiger partial charge in [-0.15, -0.1) is 0 Å². The van der Waals surface area contributed by atoms with Crippen molar-refractivity contribution in [2.24, 2.45) is 0 Å². The Morgan fingerprint density at radius 3 is 2.18 bits per heavy atom. The van der Waals surface area contributed by atoms with Crippen molar-refractivity contribution in [2.45, 2.75) is 9.49 Å². The maximum atomic E-state index is 12.1. The highest BCUT2D eigenvalue weighted by molar-refractivity contribution is 9.28. The van der Waals surface area contributed by atoms with Gasteiger partial charge < -0.3 is 5.73 Å². The van der Waals surface area contributed by atoms with Crippen LogP contribution < -0.4 is 5.73 Å². The first-order valence-electron chi connectivity index (χ1n) is 4.73. The predicted molar refractivity (Wildman–Crippen MR) is 75.2 cm³/mol. The van der Waals surface area contributed by atoms with E-state index in [1.165, 1.54) is 19.1 Å². The number of alkyl halides is 2. The zero-order valence-electron chi connectivity index (χ0n) is 8.98. The highest BCUT2D eigenvalue weighted by Crippen LogP contribution is 2.37. The Balaban J connectivity index is 3.18. The fourth-order valence-electron chi connectivity index (χ4n) is 1.13. The van der Waals surface area contributed by atoms with Gasteiger partial charge in [0, 0.05) is 11.3 Å². The number of nitrogens with two attached hydrogens (primary N) is 1. The van der Waals surface area contributed by atoms with E-state index < -0.39 is 18.2 Å². The van der Waals surface area contributed by atoms with Crippen LogP contribution in [0.5, 0.6) is 0 Å². The molecule has 0 aliphatic carbocycles. The van der Waals surface area contributed by atoms with E-state index >= 15 is 0 Å². The minimum Gasteiger partial charge on any atom is -0.399 e. The third-order valence-corrected chi connectivity index (χ3v) is 7.61. The second kappa shape index (κ2) is 5.07. The summed E-state index contributed by atoms with van der Waals surface area (Å²) < 4.78 is 21.7. The van der Waals surface area contributed by atoms with E-state index in [9.17, 15) is 13.2 Å². The van der Waals surface area contributed by atoms with Gasteiger partial charge in [-0.2, -0.15) is 0 Å². The van der Waals surface area contributed by atoms with E-state index in [0.717, 1.165) is 0 Å². The summed E-state index contributed by atoms with van der Waals surface area (Å²) in [5, 5.41) is 0. The van der Waals surface area contributed by atoms with Gasteiger partial charge in [0.1, 0.15) is 0 Å². The van der Waals surface area contributed by atoms with Crippen LogP contribution in [-0.4, -0.2) is 22.5 Å². The molecular weight excluding hydrogens is 374 g/mol. The van der Waals surface area contributed by atoms with Crippen LogP contribution in [0.4, 0.5) is 5.69 Å². The fraction of sp³-hybridized carbons (Fsp3) is 0.300. The molecule has 1 aromatic rings. The number of hydrogen-bond donors (Lipinski definition) is 1. The van der Waals surface area contributed by atoms with E-state index in [1.807, 2.05) is 0 Å². The van der Waals surface area contributed by atoms with Gasteiger partial charge in [0.25, 0.3) is 0 Å². The molecule has 0 atom stereocenters. The Labute approximate surface area is 117 Å². The number of hydrogen-bond acceptors (Lipinski definition) is 4. The highest BCUT2D eigenvalue weighted by atomic mass is 79.9. The first-order chi connectivity index (χ1) is 7.72. The molecule has 0 unspecified atom stereocenters. The summed E-state index contributed by atoms with van der Waals surface area (Å²) in [6.07, 6.45) is 0. The van der Waals surface area contributed by atoms with Crippen molar-refractivity contribution in [3.63, 3.8) is 0 Å². The van der Waals surface area contributed by atoms with Crippen LogP contribution in [0.2, 0.25) is 0 Å². The summed E-state index contributed by atoms with van der Waals surface area (Å²) in [6.45, 7) is 1.48. The van der Waals surface area contributed by atoms with Crippen molar-refractivity contribution in [3.05, 3.63) is 29.8 Å². The molecule has 0 heterocycles. The van der Waals surface area contributed by atoms with Crippen molar-refractivity contribution < 1.29 is 13.2 Å². The molecule has 0 aromatic heterocycles. The van der Waals surface area contributed by atoms with Crippen LogP contribution in [0, 0.1) is 0 Å². The van der Waals surface area contributed by atoms with E-state index in [1.54, 1.807) is 12.1 Å². The summed E-state index contributed by atoms with van der Waals surface area (Å²) in [5.74, 6) is -0.719. The predicted octanol–water partition coefficient (Wildman–Crippen LogP) is 2.33. The number of sulfone groups is 1. The number of nitrogen functional groups attached to an aromatic ring is 1. The number of carbonyl (C=O) groups excluding carboxylic acids is 1. The molecular formula is C10H11Br2NO3S. The molecule has 94 valence electrons. The number of anilines is 1. The summed E-state index contributed by atoms with van der Waals surface area (Å²) in [6, 6.07) is 6.06. The Kier molecular flexibility index (Phi) is 4.38. The molecule has 0 saturated carbocycles. The second-order valence-electron chi connectivity index (χ2n) is 3.37. The van der Waals surface area contributed by atoms with Gasteiger partial charge >= 0.3 is 0 Å². The van der Waals surface area contributed by atoms with Gasteiger partial charge in [-0.1, -0.05) is 6.92 Å². The Hall–Kier alpha value is -0.400. The number of ketones is 1. The average molecular weight is 385 g/mol. The minimum atomic E-state index is -3.60. The second-order valence-corrected chi connectivity index (χ2v) is 10.3. The first kappa shape index (κ1) is 14.7. The lowest BCUT2D eigenvalue weighted by Crippen LogP contribution is -2.35. The van der Waals surface area contributed by atoms with E-state index in [2.05, 4.69) is 31.9 Å². The molecule has 0 bridgehead atoms. The topological polar surface area (TPSA) is 77.2 Å². The zero-order chi connectivity index (χ0) is 13.3. The third-order valence-electron chi connectivity index (χ3n) is 2.21. The average Bonchev–Trinajstić information content (AvgIpc) is 2.28. The molecule has 1 aromatic carbocycles. The van der Waals surface area contributed by atoms with E-state index in [4.69, 9.17) is 5.73 Å². The lowest BCUT2D eigenvalue weighted by molar-refractivity contribution is 0.100. The van der Waals surface area contributed by atoms with Gasteiger partial charge in [-0.25, -0.2) is 8.42 Å². The molecule has 0 spiro atoms. The van der Waals surface area contributed by atoms with Crippen molar-refractivity contribution in [2.75, 3.05) is 11.5 Å². The number of Topliss-reactive ketones (excluding diaryl/α,β-unsaturated/α-hetero) is 1. The van der Waals surface area contributed by atoms with E-state index in [0.29, 0.717) is 5.69 Å². The van der Waals surface area contributed by atoms with Crippen molar-refractivity contribution >= 4 is 53.2 Å². The molecule has 1 rings (SSSR count). The molecule has 7 heteroatoms. The van der Waals surface area contributed by atoms with Crippen molar-refractivity contribution in [1.82, 2.24) is 0 Å². The summed E-state index contributed by atoms with van der Waals surface area (Å²) in [4.78, 5) is 12.1. The van der Waals surface area contributed by atoms with Crippen molar-refractivity contribution in [1.29, 1.82) is 0 Å². The lowest BCUT2D eigenvalue weighted by Gasteiger charge is -2.18. The molecule has 17 heavy (non-hydrogen) atoms. The normalized spacial score (nSPS) is 12.4. The van der Waals surface area contributed by atoms with Crippen LogP contribution in [0.25, 0.3) is 0 Å². The number of rotatable bonds is 4. The Morgan fingerprint density at radius 2 is 1.76 bits per heavy atom. The fourth-order valence-corrected chi connectivity index (χ4v) is 3.72. The molecule has 0 radical (unpaired) electrons. The zero-order valence-corrected chi connectivity index (χ0v) is 13.0. The summed E-state index contributed by atoms with van der Waals surface area (Å²) >= 11 is 5.86. The van der Waals surface area contributed by atoms with Crippen LogP contribution in [0.1, 0.15) is 17.3 Å². The van der Waals surface area contributed by atoms with Crippen LogP contribution in [0.3, 0.4) is 0 Å². The van der Waals surface area contributed by atoms with Gasteiger partial charge in [0.2, 0.25) is 8.35 Å². The van der Waals surface area contributed by atoms with Gasteiger partial charge in [0.05, 0.1) is 5.75 Å². The van der Waals surface area contributed by atoms with Crippen LogP contribution in [0.15, 0.2) is 24.3 Å². The molecule has 0 fully saturated rings. The third kappa shape index (κ3) is 2.89. The van der Waals surface area contributed by atoms with Gasteiger partial charge in [-0.05, 0) is 56.1 Å². The summed E-state index contributed by atoms with van der Waals surface area (Å²) in [7, 11) is -3.60. The van der Waals surface area contributed by atoms with Gasteiger partial charge in [-0.3, -0.25) is 4.79 Å². The molecule has 0 saturated heterocycles. The van der Waals surface area contributed by atoms with Crippen LogP contribution >= 0.6 is 31.9 Å². The molecule has 0 aliphatic rings. The number of benzene rings is 1. The number of carbonyl (C=O) groups is 1. The maximum absolute atomic E-state index is 12.1. The lowest BCUT2D eigenvalue weighted by atomic mass is 10.1. The maximum Gasteiger partial charge on any atom is 0.243 e. The van der Waals surface area contributed by atoms with Crippen molar-refractivity contribution in [3.8, 4) is 0 Å². The Morgan fingerprint density at radius 1 is 1.29 bits per heavy atom. The quantitative estimate of drug-likeness (QED) is 0.491. The monoisotopic (exact) mass is 383 g/mol. The molecule has 4 nitrogen and oxygen atoms in total.